The first-order valence-electron chi connectivity index (χ1n) is 8.46. The third-order valence-electron chi connectivity index (χ3n) is 4.14. The Labute approximate surface area is 170 Å². The van der Waals surface area contributed by atoms with Gasteiger partial charge >= 0.3 is 0 Å². The van der Waals surface area contributed by atoms with Crippen LogP contribution in [0.3, 0.4) is 0 Å². The predicted octanol–water partition coefficient (Wildman–Crippen LogP) is 5.37. The van der Waals surface area contributed by atoms with Gasteiger partial charge in [0, 0.05) is 5.56 Å². The molecule has 0 spiro atoms. The molecule has 0 saturated carbocycles. The van der Waals surface area contributed by atoms with Gasteiger partial charge in [0.05, 0.1) is 25.8 Å². The molecule has 0 aliphatic heterocycles. The van der Waals surface area contributed by atoms with Gasteiger partial charge in [-0.05, 0) is 54.9 Å². The summed E-state index contributed by atoms with van der Waals surface area (Å²) in [5, 5.41) is 4.09. The molecule has 3 rings (SSSR count). The van der Waals surface area contributed by atoms with Gasteiger partial charge in [0.2, 0.25) is 0 Å². The van der Waals surface area contributed by atoms with Crippen LogP contribution in [0.4, 0.5) is 0 Å². The van der Waals surface area contributed by atoms with Gasteiger partial charge in [-0.15, -0.1) is 12.4 Å². The maximum atomic E-state index is 6.21. The molecule has 0 atom stereocenters. The summed E-state index contributed by atoms with van der Waals surface area (Å²) < 4.78 is 16.5. The number of ether oxygens (including phenoxy) is 2. The standard InChI is InChI=1S/C21H22ClNO3.ClH/c1-24-20-9-7-15(13-21(20)25-2)11-12-23-14-16-8-10-19(26-16)17-5-3-4-6-18(17)22;/h3-10,13,23H,11-12,14H2,1-2H3;1H. The fourth-order valence-electron chi connectivity index (χ4n) is 2.76. The summed E-state index contributed by atoms with van der Waals surface area (Å²) in [6.45, 7) is 1.50. The minimum absolute atomic E-state index is 0. The van der Waals surface area contributed by atoms with Gasteiger partial charge in [-0.3, -0.25) is 0 Å². The minimum atomic E-state index is 0. The summed E-state index contributed by atoms with van der Waals surface area (Å²) in [6, 6.07) is 17.6. The van der Waals surface area contributed by atoms with Crippen LogP contribution in [0.15, 0.2) is 59.0 Å². The van der Waals surface area contributed by atoms with E-state index in [1.165, 1.54) is 5.56 Å². The van der Waals surface area contributed by atoms with Crippen LogP contribution < -0.4 is 14.8 Å². The topological polar surface area (TPSA) is 43.6 Å². The zero-order valence-corrected chi connectivity index (χ0v) is 16.9. The maximum absolute atomic E-state index is 6.21. The van der Waals surface area contributed by atoms with Crippen molar-refractivity contribution in [3.05, 3.63) is 70.9 Å². The van der Waals surface area contributed by atoms with Crippen molar-refractivity contribution in [1.82, 2.24) is 5.32 Å². The summed E-state index contributed by atoms with van der Waals surface area (Å²) >= 11 is 6.21. The van der Waals surface area contributed by atoms with Crippen molar-refractivity contribution < 1.29 is 13.9 Å². The summed E-state index contributed by atoms with van der Waals surface area (Å²) in [7, 11) is 3.28. The van der Waals surface area contributed by atoms with E-state index in [0.717, 1.165) is 41.5 Å². The number of hydrogen-bond donors (Lipinski definition) is 1. The average Bonchev–Trinajstić information content (AvgIpc) is 3.14. The van der Waals surface area contributed by atoms with Crippen LogP contribution in [0.5, 0.6) is 11.5 Å². The molecule has 144 valence electrons. The Morgan fingerprint density at radius 1 is 0.963 bits per heavy atom. The fourth-order valence-corrected chi connectivity index (χ4v) is 2.99. The van der Waals surface area contributed by atoms with Crippen LogP contribution >= 0.6 is 24.0 Å². The zero-order chi connectivity index (χ0) is 18.4. The lowest BCUT2D eigenvalue weighted by molar-refractivity contribution is 0.354. The number of nitrogens with one attached hydrogen (secondary N) is 1. The molecule has 3 aromatic rings. The summed E-state index contributed by atoms with van der Waals surface area (Å²) in [6.07, 6.45) is 0.887. The minimum Gasteiger partial charge on any atom is -0.493 e. The van der Waals surface area contributed by atoms with Crippen molar-refractivity contribution in [2.45, 2.75) is 13.0 Å². The van der Waals surface area contributed by atoms with Crippen LogP contribution in [0.25, 0.3) is 11.3 Å². The molecule has 0 saturated heterocycles. The van der Waals surface area contributed by atoms with Gasteiger partial charge in [0.15, 0.2) is 11.5 Å². The van der Waals surface area contributed by atoms with Crippen LogP contribution in [0.2, 0.25) is 5.02 Å². The molecule has 27 heavy (non-hydrogen) atoms. The van der Waals surface area contributed by atoms with E-state index < -0.39 is 0 Å². The zero-order valence-electron chi connectivity index (χ0n) is 15.3. The van der Waals surface area contributed by atoms with Gasteiger partial charge in [0.1, 0.15) is 11.5 Å². The van der Waals surface area contributed by atoms with E-state index in [4.69, 9.17) is 25.5 Å². The first kappa shape index (κ1) is 21.2. The third kappa shape index (κ3) is 5.42. The lowest BCUT2D eigenvalue weighted by Gasteiger charge is -2.09. The largest absolute Gasteiger partial charge is 0.493 e. The molecule has 0 bridgehead atoms. The maximum Gasteiger partial charge on any atom is 0.160 e. The van der Waals surface area contributed by atoms with E-state index in [0.29, 0.717) is 11.6 Å². The molecule has 1 heterocycles. The van der Waals surface area contributed by atoms with Crippen LogP contribution in [0, 0.1) is 0 Å². The SMILES string of the molecule is COc1ccc(CCNCc2ccc(-c3ccccc3Cl)o2)cc1OC.Cl. The monoisotopic (exact) mass is 407 g/mol. The lowest BCUT2D eigenvalue weighted by Crippen LogP contribution is -2.16. The van der Waals surface area contributed by atoms with Crippen molar-refractivity contribution in [3.63, 3.8) is 0 Å². The molecular weight excluding hydrogens is 385 g/mol. The van der Waals surface area contributed by atoms with E-state index in [1.54, 1.807) is 14.2 Å². The second kappa shape index (κ2) is 10.3. The number of furan rings is 1. The van der Waals surface area contributed by atoms with Gasteiger partial charge < -0.3 is 19.2 Å². The van der Waals surface area contributed by atoms with Crippen molar-refractivity contribution in [2.75, 3.05) is 20.8 Å². The average molecular weight is 408 g/mol. The second-order valence-electron chi connectivity index (χ2n) is 5.86. The Kier molecular flexibility index (Phi) is 8.04. The Balaban J connectivity index is 0.00000261. The quantitative estimate of drug-likeness (QED) is 0.509. The van der Waals surface area contributed by atoms with Crippen molar-refractivity contribution in [3.8, 4) is 22.8 Å². The Hall–Kier alpha value is -2.14. The second-order valence-corrected chi connectivity index (χ2v) is 6.27. The number of benzene rings is 2. The highest BCUT2D eigenvalue weighted by Gasteiger charge is 2.08. The highest BCUT2D eigenvalue weighted by atomic mass is 35.5. The van der Waals surface area contributed by atoms with Crippen molar-refractivity contribution >= 4 is 24.0 Å². The molecule has 0 unspecified atom stereocenters. The molecule has 0 aliphatic rings. The van der Waals surface area contributed by atoms with Gasteiger partial charge in [-0.2, -0.15) is 0 Å². The Morgan fingerprint density at radius 2 is 1.74 bits per heavy atom. The van der Waals surface area contributed by atoms with Crippen molar-refractivity contribution in [2.24, 2.45) is 0 Å². The van der Waals surface area contributed by atoms with E-state index in [1.807, 2.05) is 54.6 Å². The normalized spacial score (nSPS) is 10.3. The third-order valence-corrected chi connectivity index (χ3v) is 4.47. The van der Waals surface area contributed by atoms with Crippen LogP contribution in [0.1, 0.15) is 11.3 Å². The number of hydrogen-bond acceptors (Lipinski definition) is 4. The van der Waals surface area contributed by atoms with E-state index in [-0.39, 0.29) is 12.4 Å². The molecular formula is C21H23Cl2NO3. The molecule has 0 aliphatic carbocycles. The van der Waals surface area contributed by atoms with E-state index >= 15 is 0 Å². The molecule has 6 heteroatoms. The van der Waals surface area contributed by atoms with Gasteiger partial charge in [0.25, 0.3) is 0 Å². The highest BCUT2D eigenvalue weighted by Crippen LogP contribution is 2.29. The van der Waals surface area contributed by atoms with Crippen molar-refractivity contribution in [1.29, 1.82) is 0 Å². The Bertz CT molecular complexity index is 864. The first-order chi connectivity index (χ1) is 12.7. The van der Waals surface area contributed by atoms with E-state index in [2.05, 4.69) is 5.32 Å². The molecule has 0 amide bonds. The summed E-state index contributed by atoms with van der Waals surface area (Å²) in [4.78, 5) is 0. The van der Waals surface area contributed by atoms with Crippen LogP contribution in [-0.2, 0) is 13.0 Å². The molecule has 2 aromatic carbocycles. The Morgan fingerprint density at radius 3 is 2.48 bits per heavy atom. The number of methoxy groups -OCH3 is 2. The molecule has 1 aromatic heterocycles. The van der Waals surface area contributed by atoms with Gasteiger partial charge in [-0.1, -0.05) is 29.8 Å². The highest BCUT2D eigenvalue weighted by molar-refractivity contribution is 6.33. The fraction of sp³-hybridized carbons (Fsp3) is 0.238. The molecule has 0 radical (unpaired) electrons. The number of rotatable bonds is 8. The van der Waals surface area contributed by atoms with Crippen LogP contribution in [-0.4, -0.2) is 20.8 Å². The molecule has 4 nitrogen and oxygen atoms in total. The number of halogens is 2. The predicted molar refractivity (Wildman–Crippen MR) is 111 cm³/mol. The summed E-state index contributed by atoms with van der Waals surface area (Å²) in [5.41, 5.74) is 2.09. The van der Waals surface area contributed by atoms with Gasteiger partial charge in [-0.25, -0.2) is 0 Å². The lowest BCUT2D eigenvalue weighted by atomic mass is 10.1. The summed E-state index contributed by atoms with van der Waals surface area (Å²) in [5.74, 6) is 3.16. The smallest absolute Gasteiger partial charge is 0.160 e. The first-order valence-corrected chi connectivity index (χ1v) is 8.84. The molecule has 1 N–H and O–H groups in total. The van der Waals surface area contributed by atoms with E-state index in [9.17, 15) is 0 Å². The molecule has 0 fully saturated rings.